The van der Waals surface area contributed by atoms with Crippen molar-refractivity contribution in [3.63, 3.8) is 0 Å². The molecule has 7 nitrogen and oxygen atoms in total. The van der Waals surface area contributed by atoms with Crippen LogP contribution in [-0.2, 0) is 9.59 Å². The molecule has 3 rings (SSSR count). The van der Waals surface area contributed by atoms with Gasteiger partial charge in [0.25, 0.3) is 5.56 Å². The van der Waals surface area contributed by atoms with Crippen molar-refractivity contribution in [2.75, 3.05) is 10.6 Å². The summed E-state index contributed by atoms with van der Waals surface area (Å²) < 4.78 is 1.41. The fraction of sp³-hybridized carbons (Fsp3) is 0.300. The number of aromatic nitrogens is 2. The Morgan fingerprint density at radius 2 is 1.75 bits per heavy atom. The van der Waals surface area contributed by atoms with Crippen molar-refractivity contribution in [1.29, 1.82) is 0 Å². The van der Waals surface area contributed by atoms with E-state index in [0.717, 1.165) is 10.4 Å². The van der Waals surface area contributed by atoms with Crippen LogP contribution in [0.25, 0.3) is 10.2 Å². The van der Waals surface area contributed by atoms with Crippen LogP contribution in [0.1, 0.15) is 36.8 Å². The molecule has 3 aromatic rings. The van der Waals surface area contributed by atoms with Crippen LogP contribution in [-0.4, -0.2) is 21.4 Å². The maximum atomic E-state index is 13.0. The zero-order valence-electron chi connectivity index (χ0n) is 16.2. The Kier molecular flexibility index (Phi) is 5.60. The lowest BCUT2D eigenvalue weighted by atomic mass is 10.1. The van der Waals surface area contributed by atoms with Gasteiger partial charge < -0.3 is 10.6 Å². The van der Waals surface area contributed by atoms with Gasteiger partial charge in [-0.25, -0.2) is 4.98 Å². The van der Waals surface area contributed by atoms with Gasteiger partial charge in [0.15, 0.2) is 0 Å². The number of rotatable bonds is 5. The van der Waals surface area contributed by atoms with E-state index in [1.807, 2.05) is 20.8 Å². The van der Waals surface area contributed by atoms with Crippen molar-refractivity contribution in [1.82, 2.24) is 9.55 Å². The molecule has 2 heterocycles. The summed E-state index contributed by atoms with van der Waals surface area (Å²) >= 11 is 1.48. The molecule has 28 heavy (non-hydrogen) atoms. The molecule has 0 spiro atoms. The first kappa shape index (κ1) is 19.8. The molecule has 0 aliphatic carbocycles. The molecule has 0 aliphatic heterocycles. The highest BCUT2D eigenvalue weighted by Gasteiger charge is 2.22. The smallest absolute Gasteiger partial charge is 0.263 e. The second kappa shape index (κ2) is 7.93. The Labute approximate surface area is 166 Å². The number of nitrogens with zero attached hydrogens (tertiary/aromatic N) is 2. The van der Waals surface area contributed by atoms with Gasteiger partial charge in [0.05, 0.1) is 11.7 Å². The molecule has 1 unspecified atom stereocenters. The molecule has 146 valence electrons. The molecule has 8 heteroatoms. The normalized spacial score (nSPS) is 12.0. The molecule has 0 radical (unpaired) electrons. The third-order valence-electron chi connectivity index (χ3n) is 4.61. The fourth-order valence-corrected chi connectivity index (χ4v) is 4.03. The molecule has 0 bridgehead atoms. The van der Waals surface area contributed by atoms with Crippen molar-refractivity contribution in [2.24, 2.45) is 0 Å². The Balaban J connectivity index is 1.87. The Bertz CT molecular complexity index is 1100. The number of aryl methyl sites for hydroxylation is 2. The van der Waals surface area contributed by atoms with Crippen LogP contribution >= 0.6 is 11.3 Å². The number of anilines is 2. The minimum atomic E-state index is -0.668. The van der Waals surface area contributed by atoms with Gasteiger partial charge in [0.1, 0.15) is 10.9 Å². The maximum Gasteiger partial charge on any atom is 0.263 e. The zero-order chi connectivity index (χ0) is 20.4. The molecule has 0 saturated heterocycles. The first-order valence-corrected chi connectivity index (χ1v) is 9.78. The molecule has 0 saturated carbocycles. The predicted octanol–water partition coefficient (Wildman–Crippen LogP) is 3.62. The minimum Gasteiger partial charge on any atom is -0.326 e. The Hall–Kier alpha value is -3.00. The molecule has 0 fully saturated rings. The maximum absolute atomic E-state index is 13.0. The van der Waals surface area contributed by atoms with E-state index >= 15 is 0 Å². The second-order valence-electron chi connectivity index (χ2n) is 6.59. The van der Waals surface area contributed by atoms with Gasteiger partial charge in [-0.2, -0.15) is 0 Å². The molecular weight excluding hydrogens is 376 g/mol. The highest BCUT2D eigenvalue weighted by Crippen LogP contribution is 2.26. The monoisotopic (exact) mass is 398 g/mol. The number of amides is 2. The number of carbonyl (C=O) groups is 2. The summed E-state index contributed by atoms with van der Waals surface area (Å²) in [7, 11) is 0. The van der Waals surface area contributed by atoms with Crippen molar-refractivity contribution >= 4 is 44.7 Å². The van der Waals surface area contributed by atoms with Crippen LogP contribution < -0.4 is 16.2 Å². The number of fused-ring (bicyclic) bond motifs is 1. The van der Waals surface area contributed by atoms with E-state index in [4.69, 9.17) is 0 Å². The van der Waals surface area contributed by atoms with Crippen molar-refractivity contribution in [3.8, 4) is 0 Å². The van der Waals surface area contributed by atoms with E-state index in [0.29, 0.717) is 28.0 Å². The molecular formula is C20H22N4O3S. The van der Waals surface area contributed by atoms with Gasteiger partial charge in [-0.3, -0.25) is 19.0 Å². The molecule has 2 amide bonds. The number of hydrogen-bond donors (Lipinski definition) is 2. The highest BCUT2D eigenvalue weighted by molar-refractivity contribution is 7.18. The van der Waals surface area contributed by atoms with E-state index in [1.54, 1.807) is 24.3 Å². The van der Waals surface area contributed by atoms with Crippen LogP contribution in [0, 0.1) is 13.8 Å². The zero-order valence-corrected chi connectivity index (χ0v) is 17.0. The van der Waals surface area contributed by atoms with E-state index in [-0.39, 0.29) is 17.4 Å². The summed E-state index contributed by atoms with van der Waals surface area (Å²) in [4.78, 5) is 43.0. The summed E-state index contributed by atoms with van der Waals surface area (Å²) in [5, 5.41) is 6.08. The average molecular weight is 398 g/mol. The van der Waals surface area contributed by atoms with Crippen molar-refractivity contribution in [2.45, 2.75) is 40.2 Å². The highest BCUT2D eigenvalue weighted by atomic mass is 32.1. The largest absolute Gasteiger partial charge is 0.326 e. The number of benzene rings is 1. The van der Waals surface area contributed by atoms with Gasteiger partial charge in [-0.15, -0.1) is 11.3 Å². The Morgan fingerprint density at radius 1 is 1.14 bits per heavy atom. The van der Waals surface area contributed by atoms with Gasteiger partial charge >= 0.3 is 0 Å². The average Bonchev–Trinajstić information content (AvgIpc) is 2.93. The van der Waals surface area contributed by atoms with E-state index < -0.39 is 6.04 Å². The van der Waals surface area contributed by atoms with Gasteiger partial charge in [-0.05, 0) is 50.1 Å². The van der Waals surface area contributed by atoms with Crippen LogP contribution in [0.2, 0.25) is 0 Å². The van der Waals surface area contributed by atoms with Gasteiger partial charge in [-0.1, -0.05) is 6.92 Å². The summed E-state index contributed by atoms with van der Waals surface area (Å²) in [5.41, 5.74) is 1.94. The first-order valence-electron chi connectivity index (χ1n) is 8.97. The summed E-state index contributed by atoms with van der Waals surface area (Å²) in [6, 6.07) is 6.14. The SMILES string of the molecule is CCC(C(=O)Nc1ccc(NC(C)=O)cc1)n1cnc2sc(C)c(C)c2c1=O. The molecule has 1 aromatic carbocycles. The lowest BCUT2D eigenvalue weighted by molar-refractivity contribution is -0.119. The van der Waals surface area contributed by atoms with Crippen molar-refractivity contribution in [3.05, 3.63) is 51.4 Å². The standard InChI is InChI=1S/C20H22N4O3S/c1-5-16(18(26)23-15-8-6-14(7-9-15)22-13(4)25)24-10-21-19-17(20(24)27)11(2)12(3)28-19/h6-10,16H,5H2,1-4H3,(H,22,25)(H,23,26). The molecule has 2 N–H and O–H groups in total. The number of hydrogen-bond acceptors (Lipinski definition) is 5. The number of nitrogens with one attached hydrogen (secondary N) is 2. The summed E-state index contributed by atoms with van der Waals surface area (Å²) in [6.45, 7) is 7.15. The van der Waals surface area contributed by atoms with E-state index in [1.165, 1.54) is 29.2 Å². The molecule has 1 atom stereocenters. The molecule has 2 aromatic heterocycles. The topological polar surface area (TPSA) is 93.1 Å². The number of thiophene rings is 1. The van der Waals surface area contributed by atoms with Crippen LogP contribution in [0.4, 0.5) is 11.4 Å². The number of carbonyl (C=O) groups excluding carboxylic acids is 2. The first-order chi connectivity index (χ1) is 13.3. The lowest BCUT2D eigenvalue weighted by Crippen LogP contribution is -2.33. The lowest BCUT2D eigenvalue weighted by Gasteiger charge is -2.18. The predicted molar refractivity (Wildman–Crippen MR) is 112 cm³/mol. The summed E-state index contributed by atoms with van der Waals surface area (Å²) in [6.07, 6.45) is 1.90. The molecule has 0 aliphatic rings. The van der Waals surface area contributed by atoms with Crippen LogP contribution in [0.5, 0.6) is 0 Å². The van der Waals surface area contributed by atoms with Gasteiger partial charge in [0.2, 0.25) is 11.8 Å². The quantitative estimate of drug-likeness (QED) is 0.686. The van der Waals surface area contributed by atoms with Crippen LogP contribution in [0.3, 0.4) is 0 Å². The second-order valence-corrected chi connectivity index (χ2v) is 7.80. The summed E-state index contributed by atoms with van der Waals surface area (Å²) in [5.74, 6) is -0.452. The van der Waals surface area contributed by atoms with E-state index in [2.05, 4.69) is 15.6 Å². The van der Waals surface area contributed by atoms with Crippen molar-refractivity contribution < 1.29 is 9.59 Å². The van der Waals surface area contributed by atoms with Gasteiger partial charge in [0, 0.05) is 23.2 Å². The van der Waals surface area contributed by atoms with Crippen LogP contribution in [0.15, 0.2) is 35.4 Å². The fourth-order valence-electron chi connectivity index (χ4n) is 3.04. The Morgan fingerprint density at radius 3 is 2.32 bits per heavy atom. The third-order valence-corrected chi connectivity index (χ3v) is 5.73. The minimum absolute atomic E-state index is 0.163. The third kappa shape index (κ3) is 3.82. The van der Waals surface area contributed by atoms with E-state index in [9.17, 15) is 14.4 Å².